The van der Waals surface area contributed by atoms with Crippen LogP contribution in [0.1, 0.15) is 21.7 Å². The van der Waals surface area contributed by atoms with Gasteiger partial charge in [0.15, 0.2) is 5.82 Å². The summed E-state index contributed by atoms with van der Waals surface area (Å²) in [4.78, 5) is 15.6. The lowest BCUT2D eigenvalue weighted by atomic mass is 10.1. The van der Waals surface area contributed by atoms with Crippen molar-refractivity contribution in [2.75, 3.05) is 0 Å². The summed E-state index contributed by atoms with van der Waals surface area (Å²) in [6.45, 7) is -0.116. The number of carbonyl (C=O) groups is 1. The van der Waals surface area contributed by atoms with Crippen molar-refractivity contribution in [3.63, 3.8) is 0 Å². The van der Waals surface area contributed by atoms with Gasteiger partial charge in [-0.25, -0.2) is 9.37 Å². The lowest BCUT2D eigenvalue weighted by Crippen LogP contribution is -2.25. The van der Waals surface area contributed by atoms with Crippen molar-refractivity contribution in [3.05, 3.63) is 47.3 Å². The minimum absolute atomic E-state index is 0.116. The molecular weight excluding hydrogens is 292 g/mol. The van der Waals surface area contributed by atoms with Gasteiger partial charge in [0.1, 0.15) is 12.1 Å². The second-order valence-corrected chi connectivity index (χ2v) is 4.18. The van der Waals surface area contributed by atoms with Crippen LogP contribution < -0.4 is 5.32 Å². The van der Waals surface area contributed by atoms with Gasteiger partial charge in [-0.05, 0) is 12.1 Å². The highest BCUT2D eigenvalue weighted by Gasteiger charge is 2.35. The van der Waals surface area contributed by atoms with Crippen molar-refractivity contribution >= 4 is 5.91 Å². The number of nitrogens with one attached hydrogen (secondary N) is 1. The zero-order chi connectivity index (χ0) is 15.6. The largest absolute Gasteiger partial charge is 0.419 e. The first-order valence-corrected chi connectivity index (χ1v) is 5.77. The van der Waals surface area contributed by atoms with E-state index < -0.39 is 29.0 Å². The molecule has 112 valence electrons. The number of benzene rings is 1. The predicted molar refractivity (Wildman–Crippen MR) is 63.6 cm³/mol. The Kier molecular flexibility index (Phi) is 3.92. The van der Waals surface area contributed by atoms with E-state index >= 15 is 0 Å². The maximum absolute atomic E-state index is 13.7. The molecule has 2 rings (SSSR count). The summed E-state index contributed by atoms with van der Waals surface area (Å²) in [7, 11) is 1.62. The summed E-state index contributed by atoms with van der Waals surface area (Å²) in [5.74, 6) is -2.30. The van der Waals surface area contributed by atoms with Crippen LogP contribution in [0, 0.1) is 5.82 Å². The first-order chi connectivity index (χ1) is 9.79. The maximum Gasteiger partial charge on any atom is 0.419 e. The van der Waals surface area contributed by atoms with E-state index in [0.717, 1.165) is 12.1 Å². The summed E-state index contributed by atoms with van der Waals surface area (Å²) >= 11 is 0. The molecular formula is C12H10F4N4O. The monoisotopic (exact) mass is 302 g/mol. The van der Waals surface area contributed by atoms with Crippen LogP contribution in [0.3, 0.4) is 0 Å². The Morgan fingerprint density at radius 2 is 2.10 bits per heavy atom. The number of halogens is 4. The van der Waals surface area contributed by atoms with Crippen LogP contribution >= 0.6 is 0 Å². The maximum atomic E-state index is 13.7. The number of rotatable bonds is 3. The van der Waals surface area contributed by atoms with Crippen molar-refractivity contribution in [1.82, 2.24) is 20.1 Å². The van der Waals surface area contributed by atoms with Crippen LogP contribution in [0.4, 0.5) is 17.6 Å². The lowest BCUT2D eigenvalue weighted by Gasteiger charge is -2.10. The van der Waals surface area contributed by atoms with Gasteiger partial charge in [0.2, 0.25) is 0 Å². The Labute approximate surface area is 116 Å². The van der Waals surface area contributed by atoms with Gasteiger partial charge >= 0.3 is 6.18 Å². The zero-order valence-electron chi connectivity index (χ0n) is 10.8. The Hall–Kier alpha value is -2.45. The molecule has 1 aromatic heterocycles. The van der Waals surface area contributed by atoms with Gasteiger partial charge in [-0.15, -0.1) is 0 Å². The van der Waals surface area contributed by atoms with Crippen LogP contribution in [0.15, 0.2) is 24.5 Å². The standard InChI is InChI=1S/C12H10F4N4O/c1-20-6-18-9(19-20)5-17-11(21)7-3-2-4-8(10(7)13)12(14,15)16/h2-4,6H,5H2,1H3,(H,17,21). The summed E-state index contributed by atoms with van der Waals surface area (Å²) in [5, 5.41) is 6.14. The highest BCUT2D eigenvalue weighted by Crippen LogP contribution is 2.32. The smallest absolute Gasteiger partial charge is 0.345 e. The molecule has 0 bridgehead atoms. The third kappa shape index (κ3) is 3.36. The van der Waals surface area contributed by atoms with Crippen LogP contribution in [-0.2, 0) is 19.8 Å². The molecule has 0 saturated carbocycles. The number of amides is 1. The predicted octanol–water partition coefficient (Wildman–Crippen LogP) is 1.90. The molecule has 1 heterocycles. The van der Waals surface area contributed by atoms with Gasteiger partial charge < -0.3 is 5.32 Å². The number of hydrogen-bond acceptors (Lipinski definition) is 3. The third-order valence-corrected chi connectivity index (χ3v) is 2.60. The van der Waals surface area contributed by atoms with Crippen LogP contribution in [0.5, 0.6) is 0 Å². The number of carbonyl (C=O) groups excluding carboxylic acids is 1. The average molecular weight is 302 g/mol. The molecule has 0 saturated heterocycles. The van der Waals surface area contributed by atoms with E-state index in [1.165, 1.54) is 11.0 Å². The van der Waals surface area contributed by atoms with Gasteiger partial charge in [0.25, 0.3) is 5.91 Å². The van der Waals surface area contributed by atoms with Gasteiger partial charge in [-0.3, -0.25) is 9.48 Å². The second kappa shape index (κ2) is 5.51. The molecule has 0 atom stereocenters. The molecule has 2 aromatic rings. The normalized spacial score (nSPS) is 11.5. The molecule has 0 unspecified atom stereocenters. The van der Waals surface area contributed by atoms with Crippen molar-refractivity contribution in [1.29, 1.82) is 0 Å². The van der Waals surface area contributed by atoms with Gasteiger partial charge in [0.05, 0.1) is 17.7 Å². The molecule has 0 aliphatic carbocycles. The van der Waals surface area contributed by atoms with Gasteiger partial charge in [-0.2, -0.15) is 18.3 Å². The number of alkyl halides is 3. The van der Waals surface area contributed by atoms with E-state index in [-0.39, 0.29) is 12.4 Å². The van der Waals surface area contributed by atoms with E-state index in [1.807, 2.05) is 0 Å². The fourth-order valence-corrected chi connectivity index (χ4v) is 1.65. The summed E-state index contributed by atoms with van der Waals surface area (Å²) in [6.07, 6.45) is -3.46. The van der Waals surface area contributed by atoms with Crippen LogP contribution in [-0.4, -0.2) is 20.7 Å². The molecule has 0 aliphatic rings. The van der Waals surface area contributed by atoms with E-state index in [2.05, 4.69) is 15.4 Å². The number of aromatic nitrogens is 3. The van der Waals surface area contributed by atoms with Gasteiger partial charge in [-0.1, -0.05) is 6.07 Å². The first-order valence-electron chi connectivity index (χ1n) is 5.77. The molecule has 0 aliphatic heterocycles. The van der Waals surface area contributed by atoms with Crippen molar-refractivity contribution < 1.29 is 22.4 Å². The summed E-state index contributed by atoms with van der Waals surface area (Å²) < 4.78 is 52.8. The number of aryl methyl sites for hydroxylation is 1. The van der Waals surface area contributed by atoms with Crippen molar-refractivity contribution in [2.45, 2.75) is 12.7 Å². The molecule has 1 N–H and O–H groups in total. The minimum Gasteiger partial charge on any atom is -0.345 e. The quantitative estimate of drug-likeness (QED) is 0.881. The molecule has 5 nitrogen and oxygen atoms in total. The Balaban J connectivity index is 2.16. The molecule has 1 aromatic carbocycles. The number of nitrogens with zero attached hydrogens (tertiary/aromatic N) is 3. The fraction of sp³-hybridized carbons (Fsp3) is 0.250. The fourth-order valence-electron chi connectivity index (χ4n) is 1.65. The SMILES string of the molecule is Cn1cnc(CNC(=O)c2cccc(C(F)(F)F)c2F)n1. The molecule has 9 heteroatoms. The molecule has 21 heavy (non-hydrogen) atoms. The van der Waals surface area contributed by atoms with Gasteiger partial charge in [0, 0.05) is 7.05 Å². The topological polar surface area (TPSA) is 59.8 Å². The minimum atomic E-state index is -4.86. The zero-order valence-corrected chi connectivity index (χ0v) is 10.8. The van der Waals surface area contributed by atoms with Crippen LogP contribution in [0.2, 0.25) is 0 Å². The summed E-state index contributed by atoms with van der Waals surface area (Å²) in [5.41, 5.74) is -2.16. The van der Waals surface area contributed by atoms with Crippen molar-refractivity contribution in [3.8, 4) is 0 Å². The molecule has 0 fully saturated rings. The third-order valence-electron chi connectivity index (χ3n) is 2.60. The Bertz CT molecular complexity index is 666. The average Bonchev–Trinajstić information content (AvgIpc) is 2.80. The molecule has 0 radical (unpaired) electrons. The van der Waals surface area contributed by atoms with E-state index in [9.17, 15) is 22.4 Å². The Morgan fingerprint density at radius 1 is 1.38 bits per heavy atom. The van der Waals surface area contributed by atoms with E-state index in [4.69, 9.17) is 0 Å². The highest BCUT2D eigenvalue weighted by molar-refractivity contribution is 5.94. The summed E-state index contributed by atoms with van der Waals surface area (Å²) in [6, 6.07) is 2.53. The number of hydrogen-bond donors (Lipinski definition) is 1. The molecule has 1 amide bonds. The molecule has 0 spiro atoms. The Morgan fingerprint density at radius 3 is 2.67 bits per heavy atom. The first kappa shape index (κ1) is 14.9. The van der Waals surface area contributed by atoms with E-state index in [0.29, 0.717) is 6.07 Å². The second-order valence-electron chi connectivity index (χ2n) is 4.18. The van der Waals surface area contributed by atoms with E-state index in [1.54, 1.807) is 7.05 Å². The lowest BCUT2D eigenvalue weighted by molar-refractivity contribution is -0.140. The highest BCUT2D eigenvalue weighted by atomic mass is 19.4. The van der Waals surface area contributed by atoms with Crippen molar-refractivity contribution in [2.24, 2.45) is 7.05 Å². The van der Waals surface area contributed by atoms with Crippen LogP contribution in [0.25, 0.3) is 0 Å².